The summed E-state index contributed by atoms with van der Waals surface area (Å²) in [5.41, 5.74) is 0.635. The molecule has 1 saturated heterocycles. The second-order valence-corrected chi connectivity index (χ2v) is 5.99. The maximum absolute atomic E-state index is 12.5. The molecule has 0 saturated carbocycles. The Balaban J connectivity index is 0.00000338. The summed E-state index contributed by atoms with van der Waals surface area (Å²) in [5, 5.41) is 6.57. The number of guanidine groups is 1. The Morgan fingerprint density at radius 2 is 2.08 bits per heavy atom. The first-order valence-corrected chi connectivity index (χ1v) is 8.93. The van der Waals surface area contributed by atoms with Crippen molar-refractivity contribution in [3.8, 4) is 5.75 Å². The van der Waals surface area contributed by atoms with Crippen molar-refractivity contribution in [2.24, 2.45) is 4.99 Å². The minimum absolute atomic E-state index is 0. The summed E-state index contributed by atoms with van der Waals surface area (Å²) >= 11 is 0. The van der Waals surface area contributed by atoms with Crippen molar-refractivity contribution in [3.63, 3.8) is 0 Å². The van der Waals surface area contributed by atoms with Crippen molar-refractivity contribution in [3.05, 3.63) is 29.8 Å². The molecule has 0 aliphatic carbocycles. The molecule has 0 amide bonds. The molecule has 0 bridgehead atoms. The second-order valence-electron chi connectivity index (χ2n) is 5.99. The Morgan fingerprint density at radius 3 is 2.77 bits per heavy atom. The summed E-state index contributed by atoms with van der Waals surface area (Å²) in [7, 11) is 0. The van der Waals surface area contributed by atoms with E-state index < -0.39 is 6.61 Å². The van der Waals surface area contributed by atoms with Crippen LogP contribution in [-0.2, 0) is 6.54 Å². The summed E-state index contributed by atoms with van der Waals surface area (Å²) in [4.78, 5) is 6.98. The Kier molecular flexibility index (Phi) is 10.8. The molecule has 1 aliphatic rings. The first-order chi connectivity index (χ1) is 12.1. The maximum Gasteiger partial charge on any atom is 0.387 e. The molecular weight excluding hydrogens is 453 g/mol. The number of rotatable bonds is 8. The zero-order valence-corrected chi connectivity index (χ0v) is 17.7. The van der Waals surface area contributed by atoms with Crippen LogP contribution in [0.4, 0.5) is 8.78 Å². The van der Waals surface area contributed by atoms with Crippen LogP contribution >= 0.6 is 24.0 Å². The molecule has 1 fully saturated rings. The zero-order chi connectivity index (χ0) is 18.1. The zero-order valence-electron chi connectivity index (χ0n) is 15.4. The summed E-state index contributed by atoms with van der Waals surface area (Å²) in [6, 6.07) is 7.27. The van der Waals surface area contributed by atoms with Gasteiger partial charge in [-0.25, -0.2) is 4.99 Å². The third-order valence-electron chi connectivity index (χ3n) is 4.35. The van der Waals surface area contributed by atoms with Crippen molar-refractivity contribution in [2.45, 2.75) is 45.9 Å². The number of aliphatic imine (C=N–C) groups is 1. The van der Waals surface area contributed by atoms with Crippen LogP contribution in [0.2, 0.25) is 0 Å². The molecule has 1 aliphatic heterocycles. The van der Waals surface area contributed by atoms with E-state index in [0.717, 1.165) is 26.2 Å². The van der Waals surface area contributed by atoms with Crippen LogP contribution in [0.5, 0.6) is 5.75 Å². The van der Waals surface area contributed by atoms with Crippen LogP contribution in [0.15, 0.2) is 29.3 Å². The van der Waals surface area contributed by atoms with Crippen LogP contribution in [0.25, 0.3) is 0 Å². The third kappa shape index (κ3) is 7.22. The number of alkyl halides is 2. The van der Waals surface area contributed by atoms with Crippen molar-refractivity contribution in [1.82, 2.24) is 15.5 Å². The number of halogens is 3. The largest absolute Gasteiger partial charge is 0.434 e. The highest BCUT2D eigenvalue weighted by molar-refractivity contribution is 14.0. The van der Waals surface area contributed by atoms with E-state index >= 15 is 0 Å². The van der Waals surface area contributed by atoms with Crippen LogP contribution in [0.1, 0.15) is 32.3 Å². The summed E-state index contributed by atoms with van der Waals surface area (Å²) in [5.74, 6) is 0.863. The molecule has 148 valence electrons. The molecule has 1 unspecified atom stereocenters. The van der Waals surface area contributed by atoms with E-state index in [2.05, 4.69) is 32.2 Å². The van der Waals surface area contributed by atoms with Crippen LogP contribution < -0.4 is 15.4 Å². The summed E-state index contributed by atoms with van der Waals surface area (Å²) in [6.07, 6.45) is 2.41. The van der Waals surface area contributed by atoms with E-state index in [1.165, 1.54) is 18.9 Å². The molecule has 8 heteroatoms. The smallest absolute Gasteiger partial charge is 0.387 e. The molecule has 1 aromatic carbocycles. The van der Waals surface area contributed by atoms with Gasteiger partial charge in [-0.1, -0.05) is 25.1 Å². The van der Waals surface area contributed by atoms with Crippen LogP contribution in [-0.4, -0.2) is 49.7 Å². The number of nitrogens with zero attached hydrogens (tertiary/aromatic N) is 2. The molecular formula is C18H29F2IN4O. The van der Waals surface area contributed by atoms with Gasteiger partial charge in [0, 0.05) is 24.7 Å². The summed E-state index contributed by atoms with van der Waals surface area (Å²) in [6.45, 7) is 5.39. The first-order valence-electron chi connectivity index (χ1n) is 8.93. The van der Waals surface area contributed by atoms with Gasteiger partial charge in [0.2, 0.25) is 0 Å². The SMILES string of the molecule is CCNC(=NCc1ccccc1OC(F)F)NCC1CCCN1CC.I. The maximum atomic E-state index is 12.5. The lowest BCUT2D eigenvalue weighted by Crippen LogP contribution is -2.44. The van der Waals surface area contributed by atoms with Gasteiger partial charge in [-0.05, 0) is 38.9 Å². The van der Waals surface area contributed by atoms with Crippen LogP contribution in [0.3, 0.4) is 0 Å². The van der Waals surface area contributed by atoms with Crippen molar-refractivity contribution < 1.29 is 13.5 Å². The number of hydrogen-bond acceptors (Lipinski definition) is 3. The van der Waals surface area contributed by atoms with E-state index in [1.54, 1.807) is 18.2 Å². The van der Waals surface area contributed by atoms with E-state index in [9.17, 15) is 8.78 Å². The van der Waals surface area contributed by atoms with Crippen molar-refractivity contribution in [1.29, 1.82) is 0 Å². The number of likely N-dealkylation sites (tertiary alicyclic amines) is 1. The molecule has 2 N–H and O–H groups in total. The van der Waals surface area contributed by atoms with Gasteiger partial charge < -0.3 is 15.4 Å². The van der Waals surface area contributed by atoms with Gasteiger partial charge in [0.05, 0.1) is 6.54 Å². The molecule has 26 heavy (non-hydrogen) atoms. The molecule has 0 aromatic heterocycles. The molecule has 5 nitrogen and oxygen atoms in total. The molecule has 1 aromatic rings. The fourth-order valence-corrected chi connectivity index (χ4v) is 3.11. The van der Waals surface area contributed by atoms with E-state index in [-0.39, 0.29) is 36.3 Å². The van der Waals surface area contributed by atoms with Crippen LogP contribution in [0, 0.1) is 0 Å². The highest BCUT2D eigenvalue weighted by Crippen LogP contribution is 2.21. The minimum atomic E-state index is -2.83. The van der Waals surface area contributed by atoms with E-state index in [0.29, 0.717) is 17.6 Å². The topological polar surface area (TPSA) is 48.9 Å². The number of hydrogen-bond donors (Lipinski definition) is 2. The number of para-hydroxylation sites is 1. The fraction of sp³-hybridized carbons (Fsp3) is 0.611. The highest BCUT2D eigenvalue weighted by atomic mass is 127. The Hall–Kier alpha value is -1.16. The first kappa shape index (κ1) is 22.9. The molecule has 1 atom stereocenters. The van der Waals surface area contributed by atoms with Gasteiger partial charge in [0.1, 0.15) is 5.75 Å². The van der Waals surface area contributed by atoms with E-state index in [1.807, 2.05) is 6.92 Å². The monoisotopic (exact) mass is 482 g/mol. The van der Waals surface area contributed by atoms with Crippen molar-refractivity contribution in [2.75, 3.05) is 26.2 Å². The average molecular weight is 482 g/mol. The lowest BCUT2D eigenvalue weighted by molar-refractivity contribution is -0.0504. The van der Waals surface area contributed by atoms with Crippen molar-refractivity contribution >= 4 is 29.9 Å². The quantitative estimate of drug-likeness (QED) is 0.339. The fourth-order valence-electron chi connectivity index (χ4n) is 3.11. The van der Waals surface area contributed by atoms with Gasteiger partial charge in [-0.15, -0.1) is 24.0 Å². The predicted octanol–water partition coefficient (Wildman–Crippen LogP) is 3.45. The average Bonchev–Trinajstić information content (AvgIpc) is 3.05. The van der Waals surface area contributed by atoms with Gasteiger partial charge in [0.25, 0.3) is 0 Å². The standard InChI is InChI=1S/C18H28F2N4O.HI/c1-3-21-18(23-13-15-9-7-11-24(15)4-2)22-12-14-8-5-6-10-16(14)25-17(19)20;/h5-6,8,10,15,17H,3-4,7,9,11-13H2,1-2H3,(H2,21,22,23);1H. The number of ether oxygens (including phenoxy) is 1. The minimum Gasteiger partial charge on any atom is -0.434 e. The normalized spacial score (nSPS) is 17.9. The Bertz CT molecular complexity index is 560. The lowest BCUT2D eigenvalue weighted by atomic mass is 10.2. The third-order valence-corrected chi connectivity index (χ3v) is 4.35. The molecule has 0 spiro atoms. The summed E-state index contributed by atoms with van der Waals surface area (Å²) < 4.78 is 29.6. The van der Waals surface area contributed by atoms with Gasteiger partial charge in [-0.3, -0.25) is 4.90 Å². The highest BCUT2D eigenvalue weighted by Gasteiger charge is 2.22. The number of benzene rings is 1. The molecule has 2 rings (SSSR count). The van der Waals surface area contributed by atoms with Gasteiger partial charge >= 0.3 is 6.61 Å². The Morgan fingerprint density at radius 1 is 1.31 bits per heavy atom. The lowest BCUT2D eigenvalue weighted by Gasteiger charge is -2.24. The van der Waals surface area contributed by atoms with E-state index in [4.69, 9.17) is 0 Å². The predicted molar refractivity (Wildman–Crippen MR) is 112 cm³/mol. The molecule has 1 heterocycles. The number of nitrogens with one attached hydrogen (secondary N) is 2. The Labute approximate surface area is 171 Å². The van der Waals surface area contributed by atoms with Gasteiger partial charge in [-0.2, -0.15) is 8.78 Å². The van der Waals surface area contributed by atoms with Gasteiger partial charge in [0.15, 0.2) is 5.96 Å². The number of likely N-dealkylation sites (N-methyl/N-ethyl adjacent to an activating group) is 1. The molecule has 0 radical (unpaired) electrons. The second kappa shape index (κ2) is 12.3.